The summed E-state index contributed by atoms with van der Waals surface area (Å²) in [6.07, 6.45) is 2.35. The second kappa shape index (κ2) is 15.1. The number of ether oxygens (including phenoxy) is 5. The van der Waals surface area contributed by atoms with Crippen LogP contribution in [0, 0.1) is 0 Å². The number of hydrogen-bond donors (Lipinski definition) is 1. The molecule has 2 saturated heterocycles. The van der Waals surface area contributed by atoms with Gasteiger partial charge in [-0.15, -0.1) is 0 Å². The Balaban J connectivity index is 1.11. The smallest absolute Gasteiger partial charge is 0.326 e. The Morgan fingerprint density at radius 1 is 0.896 bits per heavy atom. The monoisotopic (exact) mass is 653 g/mol. The van der Waals surface area contributed by atoms with Crippen LogP contribution in [0.3, 0.4) is 0 Å². The van der Waals surface area contributed by atoms with Crippen molar-refractivity contribution in [2.45, 2.75) is 76.8 Å². The first kappa shape index (κ1) is 33.4. The molecular weight excluding hydrogens is 610 g/mol. The highest BCUT2D eigenvalue weighted by Crippen LogP contribution is 2.32. The number of carbonyl (C=O) groups is 1. The third-order valence-corrected chi connectivity index (χ3v) is 8.22. The van der Waals surface area contributed by atoms with Gasteiger partial charge in [0.15, 0.2) is 6.10 Å². The van der Waals surface area contributed by atoms with Crippen LogP contribution in [0.15, 0.2) is 95.9 Å². The summed E-state index contributed by atoms with van der Waals surface area (Å²) >= 11 is 0. The summed E-state index contributed by atoms with van der Waals surface area (Å²) < 4.78 is 31.4. The fourth-order valence-corrected chi connectivity index (χ4v) is 5.96. The SMILES string of the molecule is CC(C)(C)OC(=O)Cn1c(-c2ccc(O[C@@H]3CO[C@H]4[C@@H]3OC[C@H]4OCc3ccccc3)cc2)ncc(NCCCc2ccccc2)c1=O. The topological polar surface area (TPSA) is 110 Å². The Labute approximate surface area is 281 Å². The number of fused-ring (bicyclic) bond motifs is 1. The minimum absolute atomic E-state index is 0.166. The van der Waals surface area contributed by atoms with Gasteiger partial charge < -0.3 is 29.0 Å². The van der Waals surface area contributed by atoms with E-state index in [1.807, 2.05) is 72.8 Å². The van der Waals surface area contributed by atoms with Crippen molar-refractivity contribution in [1.82, 2.24) is 9.55 Å². The zero-order valence-corrected chi connectivity index (χ0v) is 27.7. The Hall–Kier alpha value is -4.51. The molecule has 0 amide bonds. The highest BCUT2D eigenvalue weighted by molar-refractivity contribution is 5.71. The maximum absolute atomic E-state index is 13.7. The van der Waals surface area contributed by atoms with E-state index in [9.17, 15) is 9.59 Å². The summed E-state index contributed by atoms with van der Waals surface area (Å²) in [4.78, 5) is 31.2. The molecule has 252 valence electrons. The summed E-state index contributed by atoms with van der Waals surface area (Å²) in [6.45, 7) is 7.02. The van der Waals surface area contributed by atoms with E-state index in [2.05, 4.69) is 22.4 Å². The predicted molar refractivity (Wildman–Crippen MR) is 182 cm³/mol. The predicted octanol–water partition coefficient (Wildman–Crippen LogP) is 5.43. The van der Waals surface area contributed by atoms with E-state index in [0.29, 0.717) is 49.2 Å². The van der Waals surface area contributed by atoms with Crippen LogP contribution in [0.5, 0.6) is 5.75 Å². The van der Waals surface area contributed by atoms with Crippen LogP contribution < -0.4 is 15.6 Å². The van der Waals surface area contributed by atoms with Gasteiger partial charge in [0, 0.05) is 12.1 Å². The Morgan fingerprint density at radius 3 is 2.23 bits per heavy atom. The van der Waals surface area contributed by atoms with E-state index in [4.69, 9.17) is 23.7 Å². The number of hydrogen-bond acceptors (Lipinski definition) is 9. The summed E-state index contributed by atoms with van der Waals surface area (Å²) in [5.41, 5.74) is 2.28. The van der Waals surface area contributed by atoms with E-state index in [0.717, 1.165) is 18.4 Å². The molecule has 0 bridgehead atoms. The number of aromatic nitrogens is 2. The van der Waals surface area contributed by atoms with Gasteiger partial charge in [0.2, 0.25) is 0 Å². The molecule has 0 spiro atoms. The second-order valence-corrected chi connectivity index (χ2v) is 13.1. The molecule has 3 heterocycles. The van der Waals surface area contributed by atoms with Crippen molar-refractivity contribution in [3.8, 4) is 17.1 Å². The van der Waals surface area contributed by atoms with Crippen molar-refractivity contribution < 1.29 is 28.5 Å². The number of carbonyl (C=O) groups excluding carboxylic acids is 1. The molecule has 1 aromatic heterocycles. The molecule has 48 heavy (non-hydrogen) atoms. The van der Waals surface area contributed by atoms with Gasteiger partial charge in [-0.3, -0.25) is 14.2 Å². The molecule has 3 aromatic carbocycles. The van der Waals surface area contributed by atoms with Crippen LogP contribution >= 0.6 is 0 Å². The van der Waals surface area contributed by atoms with Crippen molar-refractivity contribution >= 4 is 11.7 Å². The van der Waals surface area contributed by atoms with Crippen LogP contribution in [0.1, 0.15) is 38.3 Å². The van der Waals surface area contributed by atoms with Gasteiger partial charge in [-0.2, -0.15) is 0 Å². The lowest BCUT2D eigenvalue weighted by Gasteiger charge is -2.21. The standard InChI is InChI=1S/C38H43N3O7/c1-38(2,3)48-33(42)22-41-36(40-21-30(37(41)43)39-20-10-15-26-11-6-4-7-12-26)28-16-18-29(19-17-28)47-32-25-46-34-31(24-45-35(32)34)44-23-27-13-8-5-9-14-27/h4-9,11-14,16-19,21,31-32,34-35,39H,10,15,20,22-25H2,1-3H3/t31-,32-,34-,35-/m1/s1. The number of nitrogens with one attached hydrogen (secondary N) is 1. The lowest BCUT2D eigenvalue weighted by atomic mass is 10.1. The molecule has 4 atom stereocenters. The number of rotatable bonds is 13. The Bertz CT molecular complexity index is 1700. The van der Waals surface area contributed by atoms with E-state index in [-0.39, 0.29) is 36.5 Å². The summed E-state index contributed by atoms with van der Waals surface area (Å²) in [5, 5.41) is 3.21. The van der Waals surface area contributed by atoms with Crippen LogP contribution in [0.4, 0.5) is 5.69 Å². The van der Waals surface area contributed by atoms with Gasteiger partial charge in [-0.1, -0.05) is 60.7 Å². The lowest BCUT2D eigenvalue weighted by Crippen LogP contribution is -2.35. The Morgan fingerprint density at radius 2 is 1.54 bits per heavy atom. The van der Waals surface area contributed by atoms with Gasteiger partial charge in [-0.05, 0) is 69.0 Å². The average molecular weight is 654 g/mol. The molecule has 2 aliphatic heterocycles. The zero-order valence-electron chi connectivity index (χ0n) is 27.7. The van der Waals surface area contributed by atoms with Gasteiger partial charge in [-0.25, -0.2) is 4.98 Å². The molecule has 0 aliphatic carbocycles. The maximum atomic E-state index is 13.7. The molecule has 0 radical (unpaired) electrons. The molecule has 0 unspecified atom stereocenters. The van der Waals surface area contributed by atoms with Crippen molar-refractivity contribution in [3.05, 3.63) is 113 Å². The first-order chi connectivity index (χ1) is 23.2. The molecule has 2 aliphatic rings. The highest BCUT2D eigenvalue weighted by Gasteiger charge is 2.49. The van der Waals surface area contributed by atoms with Gasteiger partial charge in [0.05, 0.1) is 26.0 Å². The third kappa shape index (κ3) is 8.49. The normalized spacial score (nSPS) is 20.3. The fraction of sp³-hybridized carbons (Fsp3) is 0.395. The molecule has 10 nitrogen and oxygen atoms in total. The molecule has 4 aromatic rings. The minimum Gasteiger partial charge on any atom is -0.485 e. The van der Waals surface area contributed by atoms with E-state index in [1.54, 1.807) is 20.8 Å². The highest BCUT2D eigenvalue weighted by atomic mass is 16.6. The van der Waals surface area contributed by atoms with Crippen LogP contribution in [0.25, 0.3) is 11.4 Å². The van der Waals surface area contributed by atoms with Gasteiger partial charge >= 0.3 is 5.97 Å². The average Bonchev–Trinajstić information content (AvgIpc) is 3.67. The van der Waals surface area contributed by atoms with Crippen LogP contribution in [-0.2, 0) is 43.3 Å². The van der Waals surface area contributed by atoms with Crippen molar-refractivity contribution in [2.24, 2.45) is 0 Å². The molecule has 10 heteroatoms. The lowest BCUT2D eigenvalue weighted by molar-refractivity contribution is -0.155. The molecular formula is C38H43N3O7. The summed E-state index contributed by atoms with van der Waals surface area (Å²) in [5.74, 6) is 0.462. The molecule has 0 saturated carbocycles. The first-order valence-electron chi connectivity index (χ1n) is 16.5. The van der Waals surface area contributed by atoms with E-state index in [1.165, 1.54) is 16.3 Å². The van der Waals surface area contributed by atoms with Crippen LogP contribution in [0.2, 0.25) is 0 Å². The largest absolute Gasteiger partial charge is 0.485 e. The zero-order chi connectivity index (χ0) is 33.5. The molecule has 1 N–H and O–H groups in total. The van der Waals surface area contributed by atoms with Crippen molar-refractivity contribution in [2.75, 3.05) is 25.1 Å². The van der Waals surface area contributed by atoms with Crippen molar-refractivity contribution in [1.29, 1.82) is 0 Å². The number of esters is 1. The fourth-order valence-electron chi connectivity index (χ4n) is 5.96. The van der Waals surface area contributed by atoms with Gasteiger partial charge in [0.25, 0.3) is 5.56 Å². The number of benzene rings is 3. The van der Waals surface area contributed by atoms with E-state index < -0.39 is 11.6 Å². The van der Waals surface area contributed by atoms with Gasteiger partial charge in [0.1, 0.15) is 47.7 Å². The number of anilines is 1. The number of nitrogens with zero attached hydrogens (tertiary/aromatic N) is 2. The molecule has 6 rings (SSSR count). The van der Waals surface area contributed by atoms with Crippen LogP contribution in [-0.4, -0.2) is 65.3 Å². The summed E-state index contributed by atoms with van der Waals surface area (Å²) in [6, 6.07) is 27.5. The first-order valence-corrected chi connectivity index (χ1v) is 16.5. The van der Waals surface area contributed by atoms with E-state index >= 15 is 0 Å². The number of aryl methyl sites for hydroxylation is 1. The summed E-state index contributed by atoms with van der Waals surface area (Å²) in [7, 11) is 0. The maximum Gasteiger partial charge on any atom is 0.326 e. The Kier molecular flexibility index (Phi) is 10.5. The van der Waals surface area contributed by atoms with Crippen molar-refractivity contribution in [3.63, 3.8) is 0 Å². The quantitative estimate of drug-likeness (QED) is 0.149. The second-order valence-electron chi connectivity index (χ2n) is 13.1. The third-order valence-electron chi connectivity index (χ3n) is 8.22. The molecule has 2 fully saturated rings. The minimum atomic E-state index is -0.694.